The summed E-state index contributed by atoms with van der Waals surface area (Å²) in [6, 6.07) is 4.89. The van der Waals surface area contributed by atoms with E-state index in [2.05, 4.69) is 4.90 Å². The zero-order valence-electron chi connectivity index (χ0n) is 12.3. The summed E-state index contributed by atoms with van der Waals surface area (Å²) in [4.78, 5) is 16.6. The third kappa shape index (κ3) is 3.11. The zero-order chi connectivity index (χ0) is 15.7. The Kier molecular flexibility index (Phi) is 4.12. The molecule has 1 atom stereocenters. The first kappa shape index (κ1) is 15.3. The average molecular weight is 312 g/mol. The van der Waals surface area contributed by atoms with Crippen LogP contribution < -0.4 is 0 Å². The highest BCUT2D eigenvalue weighted by molar-refractivity contribution is 5.94. The SMILES string of the molecule is O=C(c1ccc(C(F)(F)F)cc1)N1CCC(N2CCCC2)C1. The average Bonchev–Trinajstić information content (AvgIpc) is 3.16. The Morgan fingerprint density at radius 1 is 1.05 bits per heavy atom. The first-order valence-corrected chi connectivity index (χ1v) is 7.66. The van der Waals surface area contributed by atoms with Crippen molar-refractivity contribution in [2.24, 2.45) is 0 Å². The molecule has 0 spiro atoms. The van der Waals surface area contributed by atoms with Crippen LogP contribution in [-0.2, 0) is 6.18 Å². The molecule has 0 bridgehead atoms. The highest BCUT2D eigenvalue weighted by Gasteiger charge is 2.33. The van der Waals surface area contributed by atoms with Crippen LogP contribution in [0.4, 0.5) is 13.2 Å². The van der Waals surface area contributed by atoms with Gasteiger partial charge in [0.2, 0.25) is 0 Å². The van der Waals surface area contributed by atoms with Gasteiger partial charge >= 0.3 is 6.18 Å². The largest absolute Gasteiger partial charge is 0.416 e. The minimum Gasteiger partial charge on any atom is -0.337 e. The van der Waals surface area contributed by atoms with Crippen LogP contribution in [0.5, 0.6) is 0 Å². The van der Waals surface area contributed by atoms with E-state index in [0.29, 0.717) is 24.7 Å². The molecule has 3 rings (SSSR count). The summed E-state index contributed by atoms with van der Waals surface area (Å²) in [5.74, 6) is -0.171. The standard InChI is InChI=1S/C16H19F3N2O/c17-16(18,19)13-5-3-12(4-6-13)15(22)21-10-7-14(11-21)20-8-1-2-9-20/h3-6,14H,1-2,7-11H2. The summed E-state index contributed by atoms with van der Waals surface area (Å²) >= 11 is 0. The number of benzene rings is 1. The minimum absolute atomic E-state index is 0.171. The van der Waals surface area contributed by atoms with Crippen LogP contribution in [0.3, 0.4) is 0 Å². The van der Waals surface area contributed by atoms with Gasteiger partial charge in [-0.25, -0.2) is 0 Å². The Morgan fingerprint density at radius 2 is 1.68 bits per heavy atom. The van der Waals surface area contributed by atoms with Gasteiger partial charge in [0.1, 0.15) is 0 Å². The van der Waals surface area contributed by atoms with Crippen molar-refractivity contribution in [3.63, 3.8) is 0 Å². The molecule has 6 heteroatoms. The number of hydrogen-bond donors (Lipinski definition) is 0. The van der Waals surface area contributed by atoms with Gasteiger partial charge in [-0.3, -0.25) is 9.69 Å². The van der Waals surface area contributed by atoms with Crippen molar-refractivity contribution in [1.82, 2.24) is 9.80 Å². The minimum atomic E-state index is -4.37. The molecule has 1 aromatic carbocycles. The Bertz CT molecular complexity index is 535. The smallest absolute Gasteiger partial charge is 0.337 e. The highest BCUT2D eigenvalue weighted by Crippen LogP contribution is 2.29. The van der Waals surface area contributed by atoms with Gasteiger partial charge in [-0.15, -0.1) is 0 Å². The number of rotatable bonds is 2. The Balaban J connectivity index is 1.64. The monoisotopic (exact) mass is 312 g/mol. The second-order valence-corrected chi connectivity index (χ2v) is 6.01. The van der Waals surface area contributed by atoms with E-state index in [9.17, 15) is 18.0 Å². The molecule has 2 heterocycles. The maximum atomic E-state index is 12.5. The van der Waals surface area contributed by atoms with E-state index in [1.807, 2.05) is 0 Å². The van der Waals surface area contributed by atoms with Gasteiger partial charge in [-0.2, -0.15) is 13.2 Å². The molecule has 1 unspecified atom stereocenters. The van der Waals surface area contributed by atoms with Crippen LogP contribution in [0, 0.1) is 0 Å². The molecule has 1 amide bonds. The van der Waals surface area contributed by atoms with Crippen molar-refractivity contribution in [2.45, 2.75) is 31.5 Å². The summed E-state index contributed by atoms with van der Waals surface area (Å²) < 4.78 is 37.6. The van der Waals surface area contributed by atoms with Gasteiger partial charge < -0.3 is 4.90 Å². The molecular formula is C16H19F3N2O. The van der Waals surface area contributed by atoms with Crippen molar-refractivity contribution in [3.05, 3.63) is 35.4 Å². The number of carbonyl (C=O) groups excluding carboxylic acids is 1. The lowest BCUT2D eigenvalue weighted by Gasteiger charge is -2.23. The third-order valence-corrected chi connectivity index (χ3v) is 4.57. The molecule has 0 saturated carbocycles. The van der Waals surface area contributed by atoms with Gasteiger partial charge in [0.05, 0.1) is 5.56 Å². The summed E-state index contributed by atoms with van der Waals surface area (Å²) in [7, 11) is 0. The maximum Gasteiger partial charge on any atom is 0.416 e. The third-order valence-electron chi connectivity index (χ3n) is 4.57. The van der Waals surface area contributed by atoms with Crippen molar-refractivity contribution in [3.8, 4) is 0 Å². The molecule has 0 N–H and O–H groups in total. The summed E-state index contributed by atoms with van der Waals surface area (Å²) in [6.45, 7) is 3.54. The Morgan fingerprint density at radius 3 is 2.27 bits per heavy atom. The topological polar surface area (TPSA) is 23.6 Å². The van der Waals surface area contributed by atoms with Gasteiger partial charge in [0.15, 0.2) is 0 Å². The number of nitrogens with zero attached hydrogens (tertiary/aromatic N) is 2. The van der Waals surface area contributed by atoms with Crippen LogP contribution >= 0.6 is 0 Å². The van der Waals surface area contributed by atoms with Crippen LogP contribution in [0.1, 0.15) is 35.2 Å². The summed E-state index contributed by atoms with van der Waals surface area (Å²) in [5, 5.41) is 0. The Hall–Kier alpha value is -1.56. The van der Waals surface area contributed by atoms with Crippen molar-refractivity contribution < 1.29 is 18.0 Å². The molecule has 0 radical (unpaired) electrons. The number of carbonyl (C=O) groups is 1. The zero-order valence-corrected chi connectivity index (χ0v) is 12.3. The number of halogens is 3. The lowest BCUT2D eigenvalue weighted by molar-refractivity contribution is -0.137. The molecule has 2 saturated heterocycles. The molecule has 0 aliphatic carbocycles. The van der Waals surface area contributed by atoms with E-state index < -0.39 is 11.7 Å². The molecule has 2 fully saturated rings. The molecule has 0 aromatic heterocycles. The maximum absolute atomic E-state index is 12.5. The molecule has 3 nitrogen and oxygen atoms in total. The van der Waals surface area contributed by atoms with E-state index >= 15 is 0 Å². The first-order chi connectivity index (χ1) is 10.4. The van der Waals surface area contributed by atoms with Crippen LogP contribution in [0.25, 0.3) is 0 Å². The van der Waals surface area contributed by atoms with Gasteiger partial charge in [0, 0.05) is 24.7 Å². The second-order valence-electron chi connectivity index (χ2n) is 6.01. The summed E-state index contributed by atoms with van der Waals surface area (Å²) in [6.07, 6.45) is -0.991. The lowest BCUT2D eigenvalue weighted by atomic mass is 10.1. The molecule has 120 valence electrons. The van der Waals surface area contributed by atoms with E-state index in [0.717, 1.165) is 31.6 Å². The number of hydrogen-bond acceptors (Lipinski definition) is 2. The van der Waals surface area contributed by atoms with E-state index in [4.69, 9.17) is 0 Å². The lowest BCUT2D eigenvalue weighted by Crippen LogP contribution is -2.37. The molecule has 2 aliphatic rings. The van der Waals surface area contributed by atoms with Gasteiger partial charge in [0.25, 0.3) is 5.91 Å². The van der Waals surface area contributed by atoms with Crippen LogP contribution in [0.2, 0.25) is 0 Å². The van der Waals surface area contributed by atoms with Crippen LogP contribution in [0.15, 0.2) is 24.3 Å². The van der Waals surface area contributed by atoms with E-state index in [1.165, 1.54) is 25.0 Å². The van der Waals surface area contributed by atoms with Crippen molar-refractivity contribution in [2.75, 3.05) is 26.2 Å². The number of likely N-dealkylation sites (tertiary alicyclic amines) is 2. The van der Waals surface area contributed by atoms with Crippen LogP contribution in [-0.4, -0.2) is 47.9 Å². The molecule has 1 aromatic rings. The summed E-state index contributed by atoms with van der Waals surface area (Å²) in [5.41, 5.74) is -0.393. The van der Waals surface area contributed by atoms with E-state index in [1.54, 1.807) is 4.90 Å². The van der Waals surface area contributed by atoms with Crippen molar-refractivity contribution in [1.29, 1.82) is 0 Å². The Labute approximate surface area is 127 Å². The quantitative estimate of drug-likeness (QED) is 0.838. The van der Waals surface area contributed by atoms with E-state index in [-0.39, 0.29) is 5.91 Å². The van der Waals surface area contributed by atoms with Gasteiger partial charge in [-0.05, 0) is 56.6 Å². The van der Waals surface area contributed by atoms with Crippen molar-refractivity contribution >= 4 is 5.91 Å². The second kappa shape index (κ2) is 5.91. The van der Waals surface area contributed by atoms with Gasteiger partial charge in [-0.1, -0.05) is 0 Å². The fourth-order valence-electron chi connectivity index (χ4n) is 3.32. The number of amides is 1. The first-order valence-electron chi connectivity index (χ1n) is 7.66. The highest BCUT2D eigenvalue weighted by atomic mass is 19.4. The predicted molar refractivity (Wildman–Crippen MR) is 76.6 cm³/mol. The number of alkyl halides is 3. The molecule has 22 heavy (non-hydrogen) atoms. The fourth-order valence-corrected chi connectivity index (χ4v) is 3.32. The predicted octanol–water partition coefficient (Wildman–Crippen LogP) is 3.02. The molecular weight excluding hydrogens is 293 g/mol. The fraction of sp³-hybridized carbons (Fsp3) is 0.562. The molecule has 2 aliphatic heterocycles. The normalized spacial score (nSPS) is 23.2.